The fourth-order valence-corrected chi connectivity index (χ4v) is 4.93. The number of rotatable bonds is 3. The lowest BCUT2D eigenvalue weighted by Crippen LogP contribution is -2.56. The van der Waals surface area contributed by atoms with Gasteiger partial charge in [-0.1, -0.05) is 0 Å². The highest BCUT2D eigenvalue weighted by atomic mass is 35.5. The number of alkyl halides is 1. The monoisotopic (exact) mass is 310 g/mol. The zero-order valence-corrected chi connectivity index (χ0v) is 13.2. The molecule has 0 radical (unpaired) electrons. The van der Waals surface area contributed by atoms with E-state index in [2.05, 4.69) is 0 Å². The molecule has 2 saturated heterocycles. The first-order valence-electron chi connectivity index (χ1n) is 6.89. The van der Waals surface area contributed by atoms with E-state index in [-0.39, 0.29) is 18.1 Å². The molecule has 0 aromatic heterocycles. The van der Waals surface area contributed by atoms with Gasteiger partial charge in [0.1, 0.15) is 0 Å². The predicted molar refractivity (Wildman–Crippen MR) is 75.5 cm³/mol. The fourth-order valence-electron chi connectivity index (χ4n) is 2.70. The maximum absolute atomic E-state index is 12.7. The zero-order chi connectivity index (χ0) is 14.0. The van der Waals surface area contributed by atoms with Crippen LogP contribution in [0.2, 0.25) is 0 Å². The minimum Gasteiger partial charge on any atom is -0.375 e. The maximum atomic E-state index is 12.7. The van der Waals surface area contributed by atoms with Gasteiger partial charge in [-0.15, -0.1) is 11.6 Å². The van der Waals surface area contributed by atoms with Crippen molar-refractivity contribution in [3.05, 3.63) is 0 Å². The molecule has 0 bridgehead atoms. The van der Waals surface area contributed by atoms with Gasteiger partial charge in [-0.25, -0.2) is 0 Å². The lowest BCUT2D eigenvalue weighted by atomic mass is 10.0. The Labute approximate surface area is 121 Å². The molecule has 0 aromatic carbocycles. The van der Waals surface area contributed by atoms with Crippen molar-refractivity contribution in [3.63, 3.8) is 0 Å². The largest absolute Gasteiger partial charge is 0.375 e. The topological polar surface area (TPSA) is 49.9 Å². The van der Waals surface area contributed by atoms with Crippen LogP contribution in [0.4, 0.5) is 0 Å². The number of ether oxygens (including phenoxy) is 1. The summed E-state index contributed by atoms with van der Waals surface area (Å²) in [5.41, 5.74) is 0. The number of hydrogen-bond acceptors (Lipinski definition) is 3. The molecule has 3 unspecified atom stereocenters. The molecule has 0 N–H and O–H groups in total. The second-order valence-electron chi connectivity index (χ2n) is 5.59. The Morgan fingerprint density at radius 2 is 2.05 bits per heavy atom. The summed E-state index contributed by atoms with van der Waals surface area (Å²) in [6.07, 6.45) is 1.87. The van der Waals surface area contributed by atoms with E-state index < -0.39 is 10.2 Å². The third-order valence-electron chi connectivity index (χ3n) is 3.87. The standard InChI is InChI=1S/C12H23ClN2O3S/c1-10-9-18-11(2)7-15(10)19(16,17)14-5-3-4-12(6-13)8-14/h10-12H,3-9H2,1-2H3. The number of halogens is 1. The minimum absolute atomic E-state index is 0.0420. The SMILES string of the molecule is CC1CN(S(=O)(=O)N2CCCC(CCl)C2)C(C)CO1. The molecule has 2 aliphatic rings. The highest BCUT2D eigenvalue weighted by Crippen LogP contribution is 2.25. The number of nitrogens with zero attached hydrogens (tertiary/aromatic N) is 2. The van der Waals surface area contributed by atoms with Crippen LogP contribution < -0.4 is 0 Å². The van der Waals surface area contributed by atoms with Crippen LogP contribution >= 0.6 is 11.6 Å². The van der Waals surface area contributed by atoms with Crippen LogP contribution in [0.1, 0.15) is 26.7 Å². The summed E-state index contributed by atoms with van der Waals surface area (Å²) >= 11 is 5.88. The summed E-state index contributed by atoms with van der Waals surface area (Å²) in [4.78, 5) is 0. The zero-order valence-electron chi connectivity index (χ0n) is 11.6. The number of morpholine rings is 1. The van der Waals surface area contributed by atoms with E-state index in [1.54, 1.807) is 8.61 Å². The van der Waals surface area contributed by atoms with E-state index in [0.717, 1.165) is 12.8 Å². The summed E-state index contributed by atoms with van der Waals surface area (Å²) in [5, 5.41) is 0. The van der Waals surface area contributed by atoms with Gasteiger partial charge in [0.25, 0.3) is 10.2 Å². The van der Waals surface area contributed by atoms with Crippen molar-refractivity contribution in [2.24, 2.45) is 5.92 Å². The first-order valence-corrected chi connectivity index (χ1v) is 8.82. The van der Waals surface area contributed by atoms with Crippen molar-refractivity contribution in [2.75, 3.05) is 32.1 Å². The van der Waals surface area contributed by atoms with Gasteiger partial charge in [0.15, 0.2) is 0 Å². The summed E-state index contributed by atoms with van der Waals surface area (Å²) < 4.78 is 34.1. The van der Waals surface area contributed by atoms with E-state index >= 15 is 0 Å². The molecule has 0 aromatic rings. The fraction of sp³-hybridized carbons (Fsp3) is 1.00. The molecule has 2 heterocycles. The van der Waals surface area contributed by atoms with E-state index in [9.17, 15) is 8.42 Å². The number of piperidine rings is 1. The first kappa shape index (κ1) is 15.5. The first-order chi connectivity index (χ1) is 8.95. The lowest BCUT2D eigenvalue weighted by molar-refractivity contribution is -0.0194. The average Bonchev–Trinajstić information content (AvgIpc) is 2.41. The highest BCUT2D eigenvalue weighted by Gasteiger charge is 2.38. The molecule has 0 saturated carbocycles. The van der Waals surface area contributed by atoms with Gasteiger partial charge in [-0.05, 0) is 32.6 Å². The second kappa shape index (κ2) is 6.26. The van der Waals surface area contributed by atoms with Gasteiger partial charge in [0.2, 0.25) is 0 Å². The summed E-state index contributed by atoms with van der Waals surface area (Å²) in [5.74, 6) is 0.806. The van der Waals surface area contributed by atoms with Crippen molar-refractivity contribution >= 4 is 21.8 Å². The Hall–Kier alpha value is 0.120. The molecule has 0 amide bonds. The van der Waals surface area contributed by atoms with Crippen molar-refractivity contribution < 1.29 is 13.2 Å². The predicted octanol–water partition coefficient (Wildman–Crippen LogP) is 1.29. The summed E-state index contributed by atoms with van der Waals surface area (Å²) in [6, 6.07) is -0.0995. The minimum atomic E-state index is -3.38. The van der Waals surface area contributed by atoms with Crippen LogP contribution in [0.15, 0.2) is 0 Å². The van der Waals surface area contributed by atoms with E-state index in [1.807, 2.05) is 13.8 Å². The van der Waals surface area contributed by atoms with Crippen LogP contribution in [-0.4, -0.2) is 61.3 Å². The van der Waals surface area contributed by atoms with Crippen LogP contribution in [0.25, 0.3) is 0 Å². The van der Waals surface area contributed by atoms with Crippen molar-refractivity contribution in [2.45, 2.75) is 38.8 Å². The van der Waals surface area contributed by atoms with Gasteiger partial charge in [0, 0.05) is 31.6 Å². The van der Waals surface area contributed by atoms with Gasteiger partial charge in [-0.2, -0.15) is 17.0 Å². The smallest absolute Gasteiger partial charge is 0.282 e. The Kier molecular flexibility index (Phi) is 5.11. The quantitative estimate of drug-likeness (QED) is 0.738. The normalized spacial score (nSPS) is 35.4. The molecule has 2 aliphatic heterocycles. The molecule has 3 atom stereocenters. The van der Waals surface area contributed by atoms with Crippen LogP contribution in [-0.2, 0) is 14.9 Å². The summed E-state index contributed by atoms with van der Waals surface area (Å²) in [7, 11) is -3.38. The average molecular weight is 311 g/mol. The van der Waals surface area contributed by atoms with E-state index in [1.165, 1.54) is 0 Å². The molecule has 0 aliphatic carbocycles. The Balaban J connectivity index is 2.12. The van der Waals surface area contributed by atoms with Crippen molar-refractivity contribution in [3.8, 4) is 0 Å². The molecule has 19 heavy (non-hydrogen) atoms. The van der Waals surface area contributed by atoms with Crippen LogP contribution in [0, 0.1) is 5.92 Å². The molecular weight excluding hydrogens is 288 g/mol. The van der Waals surface area contributed by atoms with E-state index in [4.69, 9.17) is 16.3 Å². The van der Waals surface area contributed by atoms with E-state index in [0.29, 0.717) is 32.1 Å². The molecule has 5 nitrogen and oxygen atoms in total. The Morgan fingerprint density at radius 3 is 2.74 bits per heavy atom. The molecule has 7 heteroatoms. The van der Waals surface area contributed by atoms with Crippen molar-refractivity contribution in [1.29, 1.82) is 0 Å². The van der Waals surface area contributed by atoms with Gasteiger partial charge < -0.3 is 4.74 Å². The van der Waals surface area contributed by atoms with Gasteiger partial charge >= 0.3 is 0 Å². The number of hydrogen-bond donors (Lipinski definition) is 0. The third kappa shape index (κ3) is 3.42. The van der Waals surface area contributed by atoms with Crippen molar-refractivity contribution in [1.82, 2.24) is 8.61 Å². The Morgan fingerprint density at radius 1 is 1.32 bits per heavy atom. The molecular formula is C12H23ClN2O3S. The van der Waals surface area contributed by atoms with Crippen LogP contribution in [0.5, 0.6) is 0 Å². The maximum Gasteiger partial charge on any atom is 0.282 e. The van der Waals surface area contributed by atoms with Gasteiger partial charge in [0.05, 0.1) is 12.7 Å². The van der Waals surface area contributed by atoms with Gasteiger partial charge in [-0.3, -0.25) is 0 Å². The van der Waals surface area contributed by atoms with Crippen LogP contribution in [0.3, 0.4) is 0 Å². The summed E-state index contributed by atoms with van der Waals surface area (Å²) in [6.45, 7) is 5.86. The molecule has 2 fully saturated rings. The molecule has 2 rings (SSSR count). The molecule has 112 valence electrons. The molecule has 0 spiro atoms. The third-order valence-corrected chi connectivity index (χ3v) is 6.40. The second-order valence-corrected chi connectivity index (χ2v) is 7.78. The lowest BCUT2D eigenvalue weighted by Gasteiger charge is -2.40. The Bertz CT molecular complexity index is 404. The highest BCUT2D eigenvalue weighted by molar-refractivity contribution is 7.86.